The van der Waals surface area contributed by atoms with Crippen LogP contribution in [0, 0.1) is 5.92 Å². The number of piperidine rings is 1. The molecule has 148 valence electrons. The van der Waals surface area contributed by atoms with Crippen molar-refractivity contribution in [1.82, 2.24) is 10.2 Å². The summed E-state index contributed by atoms with van der Waals surface area (Å²) in [4.78, 5) is 27.7. The number of nitrogens with zero attached hydrogens (tertiary/aromatic N) is 1. The van der Waals surface area contributed by atoms with E-state index in [1.54, 1.807) is 11.8 Å². The van der Waals surface area contributed by atoms with Gasteiger partial charge in [-0.3, -0.25) is 9.59 Å². The fraction of sp³-hybridized carbons (Fsp3) is 0.391. The molecule has 0 bridgehead atoms. The van der Waals surface area contributed by atoms with E-state index in [1.165, 1.54) is 12.5 Å². The third kappa shape index (κ3) is 6.13. The quantitative estimate of drug-likeness (QED) is 0.725. The van der Waals surface area contributed by atoms with Crippen molar-refractivity contribution in [3.63, 3.8) is 0 Å². The van der Waals surface area contributed by atoms with E-state index in [0.717, 1.165) is 37.2 Å². The first-order valence-corrected chi connectivity index (χ1v) is 10.9. The van der Waals surface area contributed by atoms with Gasteiger partial charge in [0, 0.05) is 30.7 Å². The third-order valence-electron chi connectivity index (χ3n) is 5.13. The van der Waals surface area contributed by atoms with Crippen LogP contribution in [0.2, 0.25) is 0 Å². The molecule has 1 aliphatic rings. The molecule has 1 N–H and O–H groups in total. The number of benzene rings is 2. The van der Waals surface area contributed by atoms with Gasteiger partial charge in [0.15, 0.2) is 0 Å². The second-order valence-corrected chi connectivity index (χ2v) is 8.43. The summed E-state index contributed by atoms with van der Waals surface area (Å²) in [5, 5.41) is 2.85. The summed E-state index contributed by atoms with van der Waals surface area (Å²) in [6, 6.07) is 20.0. The fourth-order valence-electron chi connectivity index (χ4n) is 3.64. The van der Waals surface area contributed by atoms with E-state index in [2.05, 4.69) is 29.6 Å². The minimum atomic E-state index is -0.478. The lowest BCUT2D eigenvalue weighted by molar-refractivity contribution is -0.136. The number of nitrogens with one attached hydrogen (secondary N) is 1. The van der Waals surface area contributed by atoms with E-state index in [-0.39, 0.29) is 11.8 Å². The van der Waals surface area contributed by atoms with Crippen LogP contribution in [0.3, 0.4) is 0 Å². The maximum absolute atomic E-state index is 13.0. The van der Waals surface area contributed by atoms with Crippen molar-refractivity contribution in [1.29, 1.82) is 0 Å². The van der Waals surface area contributed by atoms with Crippen LogP contribution in [0.5, 0.6) is 0 Å². The minimum Gasteiger partial charge on any atom is -0.344 e. The van der Waals surface area contributed by atoms with Crippen LogP contribution in [0.4, 0.5) is 0 Å². The molecule has 1 aliphatic heterocycles. The molecule has 2 aromatic carbocycles. The second kappa shape index (κ2) is 10.3. The highest BCUT2D eigenvalue weighted by molar-refractivity contribution is 7.99. The van der Waals surface area contributed by atoms with Gasteiger partial charge in [-0.15, -0.1) is 11.8 Å². The van der Waals surface area contributed by atoms with Crippen molar-refractivity contribution in [2.24, 2.45) is 5.92 Å². The van der Waals surface area contributed by atoms with Crippen molar-refractivity contribution in [3.05, 3.63) is 66.2 Å². The molecule has 0 spiro atoms. The zero-order valence-corrected chi connectivity index (χ0v) is 17.2. The van der Waals surface area contributed by atoms with E-state index in [1.807, 2.05) is 41.3 Å². The van der Waals surface area contributed by atoms with Crippen LogP contribution < -0.4 is 5.32 Å². The predicted octanol–water partition coefficient (Wildman–Crippen LogP) is 3.76. The Morgan fingerprint density at radius 2 is 1.64 bits per heavy atom. The van der Waals surface area contributed by atoms with Crippen molar-refractivity contribution in [2.45, 2.75) is 37.1 Å². The second-order valence-electron chi connectivity index (χ2n) is 7.34. The van der Waals surface area contributed by atoms with Gasteiger partial charge in [-0.2, -0.15) is 0 Å². The summed E-state index contributed by atoms with van der Waals surface area (Å²) < 4.78 is 0. The fourth-order valence-corrected chi connectivity index (χ4v) is 4.58. The number of hydrogen-bond donors (Lipinski definition) is 1. The summed E-state index contributed by atoms with van der Waals surface area (Å²) in [6.07, 6.45) is 3.10. The molecule has 0 saturated carbocycles. The molecule has 1 heterocycles. The van der Waals surface area contributed by atoms with Crippen LogP contribution in [-0.2, 0) is 16.0 Å². The number of carbonyl (C=O) groups is 2. The normalized spacial score (nSPS) is 15.8. The van der Waals surface area contributed by atoms with E-state index >= 15 is 0 Å². The molecule has 0 aliphatic carbocycles. The van der Waals surface area contributed by atoms with Crippen molar-refractivity contribution in [3.8, 4) is 0 Å². The molecule has 2 amide bonds. The molecule has 1 atom stereocenters. The Morgan fingerprint density at radius 3 is 2.25 bits per heavy atom. The molecule has 1 unspecified atom stereocenters. The van der Waals surface area contributed by atoms with Crippen LogP contribution in [0.1, 0.15) is 25.3 Å². The maximum Gasteiger partial charge on any atom is 0.246 e. The van der Waals surface area contributed by atoms with Gasteiger partial charge in [0.1, 0.15) is 6.04 Å². The Bertz CT molecular complexity index is 759. The smallest absolute Gasteiger partial charge is 0.246 e. The first-order valence-electron chi connectivity index (χ1n) is 9.89. The summed E-state index contributed by atoms with van der Waals surface area (Å²) in [5.41, 5.74) is 1.36. The number of rotatable bonds is 7. The SMILES string of the molecule is CC(=O)NC(CSc1ccccc1)C(=O)N1CCC(Cc2ccccc2)CC1. The van der Waals surface area contributed by atoms with Gasteiger partial charge in [-0.05, 0) is 42.9 Å². The summed E-state index contributed by atoms with van der Waals surface area (Å²) in [7, 11) is 0. The largest absolute Gasteiger partial charge is 0.344 e. The Kier molecular flexibility index (Phi) is 7.54. The van der Waals surface area contributed by atoms with E-state index in [9.17, 15) is 9.59 Å². The van der Waals surface area contributed by atoms with E-state index in [4.69, 9.17) is 0 Å². The molecule has 4 nitrogen and oxygen atoms in total. The predicted molar refractivity (Wildman–Crippen MR) is 114 cm³/mol. The average molecular weight is 397 g/mol. The van der Waals surface area contributed by atoms with E-state index in [0.29, 0.717) is 11.7 Å². The highest BCUT2D eigenvalue weighted by Gasteiger charge is 2.29. The first-order chi connectivity index (χ1) is 13.6. The zero-order chi connectivity index (χ0) is 19.8. The van der Waals surface area contributed by atoms with Gasteiger partial charge in [0.2, 0.25) is 11.8 Å². The number of likely N-dealkylation sites (tertiary alicyclic amines) is 1. The average Bonchev–Trinajstić information content (AvgIpc) is 2.72. The van der Waals surface area contributed by atoms with Gasteiger partial charge in [-0.1, -0.05) is 48.5 Å². The standard InChI is InChI=1S/C23H28N2O2S/c1-18(26)24-22(17-28-21-10-6-3-7-11-21)23(27)25-14-12-20(13-15-25)16-19-8-4-2-5-9-19/h2-11,20,22H,12-17H2,1H3,(H,24,26). The van der Waals surface area contributed by atoms with Crippen molar-refractivity contribution < 1.29 is 9.59 Å². The summed E-state index contributed by atoms with van der Waals surface area (Å²) in [6.45, 7) is 3.00. The first kappa shape index (κ1) is 20.5. The van der Waals surface area contributed by atoms with Crippen LogP contribution in [0.25, 0.3) is 0 Å². The molecule has 3 rings (SSSR count). The maximum atomic E-state index is 13.0. The summed E-state index contributed by atoms with van der Waals surface area (Å²) >= 11 is 1.60. The number of carbonyl (C=O) groups excluding carboxylic acids is 2. The topological polar surface area (TPSA) is 49.4 Å². The van der Waals surface area contributed by atoms with Gasteiger partial charge in [0.05, 0.1) is 0 Å². The molecule has 0 radical (unpaired) electrons. The lowest BCUT2D eigenvalue weighted by Crippen LogP contribution is -2.51. The van der Waals surface area contributed by atoms with Gasteiger partial charge < -0.3 is 10.2 Å². The Morgan fingerprint density at radius 1 is 1.04 bits per heavy atom. The van der Waals surface area contributed by atoms with Crippen molar-refractivity contribution in [2.75, 3.05) is 18.8 Å². The van der Waals surface area contributed by atoms with Crippen LogP contribution >= 0.6 is 11.8 Å². The highest BCUT2D eigenvalue weighted by atomic mass is 32.2. The lowest BCUT2D eigenvalue weighted by Gasteiger charge is -2.34. The molecule has 28 heavy (non-hydrogen) atoms. The lowest BCUT2D eigenvalue weighted by atomic mass is 9.90. The van der Waals surface area contributed by atoms with Crippen LogP contribution in [-0.4, -0.2) is 41.6 Å². The molecular weight excluding hydrogens is 368 g/mol. The Hall–Kier alpha value is -2.27. The highest BCUT2D eigenvalue weighted by Crippen LogP contribution is 2.23. The van der Waals surface area contributed by atoms with Gasteiger partial charge in [-0.25, -0.2) is 0 Å². The van der Waals surface area contributed by atoms with E-state index < -0.39 is 6.04 Å². The van der Waals surface area contributed by atoms with Crippen molar-refractivity contribution >= 4 is 23.6 Å². The monoisotopic (exact) mass is 396 g/mol. The molecule has 1 fully saturated rings. The third-order valence-corrected chi connectivity index (χ3v) is 6.23. The van der Waals surface area contributed by atoms with Gasteiger partial charge >= 0.3 is 0 Å². The molecular formula is C23H28N2O2S. The molecule has 0 aromatic heterocycles. The minimum absolute atomic E-state index is 0.0387. The number of amides is 2. The molecule has 5 heteroatoms. The number of hydrogen-bond acceptors (Lipinski definition) is 3. The molecule has 2 aromatic rings. The summed E-state index contributed by atoms with van der Waals surface area (Å²) in [5.74, 6) is 1.04. The Balaban J connectivity index is 1.53. The number of thioether (sulfide) groups is 1. The van der Waals surface area contributed by atoms with Crippen LogP contribution in [0.15, 0.2) is 65.6 Å². The Labute approximate surface area is 171 Å². The molecule has 1 saturated heterocycles. The zero-order valence-electron chi connectivity index (χ0n) is 16.3. The van der Waals surface area contributed by atoms with Gasteiger partial charge in [0.25, 0.3) is 0 Å².